The molecule has 1 fully saturated rings. The van der Waals surface area contributed by atoms with Crippen molar-refractivity contribution in [1.29, 1.82) is 0 Å². The molecule has 0 bridgehead atoms. The first kappa shape index (κ1) is 20.3. The quantitative estimate of drug-likeness (QED) is 0.741. The van der Waals surface area contributed by atoms with Gasteiger partial charge in [0.25, 0.3) is 11.8 Å². The van der Waals surface area contributed by atoms with Crippen molar-refractivity contribution in [3.8, 4) is 5.88 Å². The standard InChI is InChI=1S/C23H24ClN3O4/c1-23(2,30)19(12-6-7-12)27-11-13-4-3-5-16(17(13)22(27)29)26-20(28)18-14-8-9-31-21(14)25-10-15(18)24/h3-5,10,12,19,30H,6-9,11H2,1-2H3,(H,26,28)/t19-/m0/s1. The van der Waals surface area contributed by atoms with E-state index >= 15 is 0 Å². The van der Waals surface area contributed by atoms with Gasteiger partial charge in [0.1, 0.15) is 0 Å². The van der Waals surface area contributed by atoms with Gasteiger partial charge in [-0.25, -0.2) is 4.98 Å². The minimum Gasteiger partial charge on any atom is -0.477 e. The van der Waals surface area contributed by atoms with E-state index < -0.39 is 11.5 Å². The maximum Gasteiger partial charge on any atom is 0.257 e. The van der Waals surface area contributed by atoms with Crippen LogP contribution in [0, 0.1) is 5.92 Å². The van der Waals surface area contributed by atoms with Crippen LogP contribution in [-0.2, 0) is 13.0 Å². The zero-order valence-electron chi connectivity index (χ0n) is 17.4. The van der Waals surface area contributed by atoms with Crippen LogP contribution in [0.25, 0.3) is 0 Å². The summed E-state index contributed by atoms with van der Waals surface area (Å²) in [6.45, 7) is 4.38. The predicted octanol–water partition coefficient (Wildman–Crippen LogP) is 3.43. The Labute approximate surface area is 185 Å². The maximum absolute atomic E-state index is 13.4. The Hall–Kier alpha value is -2.64. The summed E-state index contributed by atoms with van der Waals surface area (Å²) in [6, 6.07) is 5.18. The maximum atomic E-state index is 13.4. The molecule has 3 heterocycles. The van der Waals surface area contributed by atoms with Crippen LogP contribution in [0.2, 0.25) is 5.02 Å². The number of carbonyl (C=O) groups is 2. The molecule has 2 aromatic rings. The molecule has 0 unspecified atom stereocenters. The van der Waals surface area contributed by atoms with Crippen LogP contribution in [0.5, 0.6) is 5.88 Å². The van der Waals surface area contributed by atoms with Gasteiger partial charge < -0.3 is 20.1 Å². The number of pyridine rings is 1. The highest BCUT2D eigenvalue weighted by Crippen LogP contribution is 2.44. The van der Waals surface area contributed by atoms with E-state index in [2.05, 4.69) is 10.3 Å². The Balaban J connectivity index is 1.46. The van der Waals surface area contributed by atoms with Gasteiger partial charge in [0.15, 0.2) is 0 Å². The van der Waals surface area contributed by atoms with E-state index in [9.17, 15) is 14.7 Å². The number of benzene rings is 1. The van der Waals surface area contributed by atoms with Gasteiger partial charge in [0.2, 0.25) is 5.88 Å². The Morgan fingerprint density at radius 1 is 1.39 bits per heavy atom. The summed E-state index contributed by atoms with van der Waals surface area (Å²) < 4.78 is 5.45. The Morgan fingerprint density at radius 2 is 2.16 bits per heavy atom. The van der Waals surface area contributed by atoms with Crippen LogP contribution in [-0.4, -0.2) is 45.1 Å². The molecular weight excluding hydrogens is 418 g/mol. The highest BCUT2D eigenvalue weighted by atomic mass is 35.5. The van der Waals surface area contributed by atoms with Crippen molar-refractivity contribution in [1.82, 2.24) is 9.88 Å². The monoisotopic (exact) mass is 441 g/mol. The molecule has 3 aliphatic rings. The lowest BCUT2D eigenvalue weighted by Gasteiger charge is -2.37. The second kappa shape index (κ2) is 7.21. The van der Waals surface area contributed by atoms with E-state index in [0.29, 0.717) is 53.7 Å². The van der Waals surface area contributed by atoms with Crippen LogP contribution in [0.15, 0.2) is 24.4 Å². The Kier molecular flexibility index (Phi) is 4.71. The van der Waals surface area contributed by atoms with Crippen molar-refractivity contribution in [2.24, 2.45) is 5.92 Å². The van der Waals surface area contributed by atoms with E-state index in [0.717, 1.165) is 18.4 Å². The van der Waals surface area contributed by atoms with Gasteiger partial charge in [-0.05, 0) is 44.2 Å². The van der Waals surface area contributed by atoms with Crippen LogP contribution >= 0.6 is 11.6 Å². The number of anilines is 1. The number of halogens is 1. The van der Waals surface area contributed by atoms with Crippen molar-refractivity contribution < 1.29 is 19.4 Å². The van der Waals surface area contributed by atoms with Crippen LogP contribution in [0.3, 0.4) is 0 Å². The molecule has 1 aromatic carbocycles. The van der Waals surface area contributed by atoms with E-state index in [1.807, 2.05) is 12.1 Å². The summed E-state index contributed by atoms with van der Waals surface area (Å²) in [6.07, 6.45) is 3.98. The second-order valence-electron chi connectivity index (χ2n) is 9.03. The number of aromatic nitrogens is 1. The topological polar surface area (TPSA) is 91.8 Å². The highest BCUT2D eigenvalue weighted by molar-refractivity contribution is 6.34. The number of aliphatic hydroxyl groups is 1. The number of amides is 2. The zero-order valence-corrected chi connectivity index (χ0v) is 18.2. The zero-order chi connectivity index (χ0) is 21.9. The lowest BCUT2D eigenvalue weighted by atomic mass is 9.93. The molecule has 0 saturated heterocycles. The molecule has 0 radical (unpaired) electrons. The van der Waals surface area contributed by atoms with E-state index in [1.165, 1.54) is 6.20 Å². The molecular formula is C23H24ClN3O4. The van der Waals surface area contributed by atoms with E-state index in [-0.39, 0.29) is 17.0 Å². The van der Waals surface area contributed by atoms with Gasteiger partial charge in [-0.2, -0.15) is 0 Å². The van der Waals surface area contributed by atoms with E-state index in [1.54, 1.807) is 24.8 Å². The Bertz CT molecular complexity index is 1090. The third kappa shape index (κ3) is 3.46. The average molecular weight is 442 g/mol. The van der Waals surface area contributed by atoms with Crippen molar-refractivity contribution in [2.45, 2.75) is 51.3 Å². The predicted molar refractivity (Wildman–Crippen MR) is 116 cm³/mol. The summed E-state index contributed by atoms with van der Waals surface area (Å²) in [5.41, 5.74) is 1.77. The van der Waals surface area contributed by atoms with Crippen LogP contribution < -0.4 is 10.1 Å². The number of carbonyl (C=O) groups excluding carboxylic acids is 2. The normalized spacial score (nSPS) is 18.5. The minimum atomic E-state index is -1.01. The highest BCUT2D eigenvalue weighted by Gasteiger charge is 2.48. The molecule has 1 aliphatic carbocycles. The number of hydrogen-bond donors (Lipinski definition) is 2. The third-order valence-electron chi connectivity index (χ3n) is 6.25. The largest absolute Gasteiger partial charge is 0.477 e. The van der Waals surface area contributed by atoms with Gasteiger partial charge in [-0.15, -0.1) is 0 Å². The molecule has 0 spiro atoms. The first-order valence-electron chi connectivity index (χ1n) is 10.5. The smallest absolute Gasteiger partial charge is 0.257 e. The van der Waals surface area contributed by atoms with Gasteiger partial charge in [-0.3, -0.25) is 9.59 Å². The molecule has 2 amide bonds. The molecule has 2 N–H and O–H groups in total. The summed E-state index contributed by atoms with van der Waals surface area (Å²) in [4.78, 5) is 32.5. The molecule has 1 aromatic heterocycles. The summed E-state index contributed by atoms with van der Waals surface area (Å²) in [5.74, 6) is 0.163. The third-order valence-corrected chi connectivity index (χ3v) is 6.54. The lowest BCUT2D eigenvalue weighted by Crippen LogP contribution is -2.51. The molecule has 7 nitrogen and oxygen atoms in total. The summed E-state index contributed by atoms with van der Waals surface area (Å²) >= 11 is 6.29. The molecule has 1 atom stereocenters. The summed E-state index contributed by atoms with van der Waals surface area (Å²) in [5, 5.41) is 13.9. The Morgan fingerprint density at radius 3 is 2.87 bits per heavy atom. The van der Waals surface area contributed by atoms with E-state index in [4.69, 9.17) is 16.3 Å². The average Bonchev–Trinajstić information content (AvgIpc) is 3.30. The number of nitrogens with one attached hydrogen (secondary N) is 1. The van der Waals surface area contributed by atoms with Crippen LogP contribution in [0.4, 0.5) is 5.69 Å². The molecule has 8 heteroatoms. The number of hydrogen-bond acceptors (Lipinski definition) is 5. The number of rotatable bonds is 5. The van der Waals surface area contributed by atoms with Crippen molar-refractivity contribution in [3.05, 3.63) is 51.7 Å². The minimum absolute atomic E-state index is 0.167. The van der Waals surface area contributed by atoms with Crippen molar-refractivity contribution >= 4 is 29.1 Å². The lowest BCUT2D eigenvalue weighted by molar-refractivity contribution is -0.0224. The molecule has 5 rings (SSSR count). The molecule has 31 heavy (non-hydrogen) atoms. The molecule has 2 aliphatic heterocycles. The first-order valence-corrected chi connectivity index (χ1v) is 10.9. The van der Waals surface area contributed by atoms with Crippen molar-refractivity contribution in [3.63, 3.8) is 0 Å². The molecule has 162 valence electrons. The van der Waals surface area contributed by atoms with Gasteiger partial charge in [-0.1, -0.05) is 23.7 Å². The fourth-order valence-corrected chi connectivity index (χ4v) is 5.13. The number of ether oxygens (including phenoxy) is 1. The first-order chi connectivity index (χ1) is 14.8. The fraction of sp³-hybridized carbons (Fsp3) is 0.435. The molecule has 1 saturated carbocycles. The number of nitrogens with zero attached hydrogens (tertiary/aromatic N) is 2. The van der Waals surface area contributed by atoms with Gasteiger partial charge >= 0.3 is 0 Å². The van der Waals surface area contributed by atoms with Crippen LogP contribution in [0.1, 0.15) is 58.5 Å². The fourth-order valence-electron chi connectivity index (χ4n) is 4.88. The van der Waals surface area contributed by atoms with Crippen molar-refractivity contribution in [2.75, 3.05) is 11.9 Å². The second-order valence-corrected chi connectivity index (χ2v) is 9.43. The number of fused-ring (bicyclic) bond motifs is 2. The van der Waals surface area contributed by atoms with Gasteiger partial charge in [0.05, 0.1) is 46.3 Å². The SMILES string of the molecule is CC(C)(O)[C@H](C1CC1)N1Cc2cccc(NC(=O)c3c(Cl)cnc4c3CCO4)c2C1=O. The summed E-state index contributed by atoms with van der Waals surface area (Å²) in [7, 11) is 0. The van der Waals surface area contributed by atoms with Gasteiger partial charge in [0, 0.05) is 18.5 Å².